The highest BCUT2D eigenvalue weighted by Crippen LogP contribution is 2.39. The van der Waals surface area contributed by atoms with E-state index >= 15 is 0 Å². The molecule has 0 bridgehead atoms. The molecule has 12 nitrogen and oxygen atoms in total. The van der Waals surface area contributed by atoms with Crippen LogP contribution in [0.25, 0.3) is 0 Å². The van der Waals surface area contributed by atoms with Crippen LogP contribution in [0.4, 0.5) is 0 Å². The molecule has 12 heteroatoms. The molecule has 4 aliphatic carbocycles. The number of carboxylic acid groups (broad SMARTS) is 2. The lowest BCUT2D eigenvalue weighted by atomic mass is 9.72. The van der Waals surface area contributed by atoms with E-state index in [1.165, 1.54) is 14.2 Å². The van der Waals surface area contributed by atoms with Crippen molar-refractivity contribution in [2.75, 3.05) is 14.2 Å². The summed E-state index contributed by atoms with van der Waals surface area (Å²) >= 11 is 0. The highest BCUT2D eigenvalue weighted by molar-refractivity contribution is 5.87. The number of aliphatic carboxylic acids is 2. The average Bonchev–Trinajstić information content (AvgIpc) is 3.05. The Kier molecular flexibility index (Phi) is 12.2. The molecule has 0 saturated heterocycles. The molecule has 0 aromatic rings. The van der Waals surface area contributed by atoms with Gasteiger partial charge in [-0.25, -0.2) is 0 Å². The van der Waals surface area contributed by atoms with Crippen molar-refractivity contribution in [2.24, 2.45) is 47.3 Å². The van der Waals surface area contributed by atoms with Crippen LogP contribution in [0.15, 0.2) is 0 Å². The first-order valence-corrected chi connectivity index (χ1v) is 16.7. The molecule has 2 amide bonds. The van der Waals surface area contributed by atoms with Crippen molar-refractivity contribution in [3.05, 3.63) is 0 Å². The van der Waals surface area contributed by atoms with Crippen LogP contribution in [0.5, 0.6) is 0 Å². The number of rotatable bonds is 10. The Morgan fingerprint density at radius 2 is 0.889 bits per heavy atom. The van der Waals surface area contributed by atoms with Gasteiger partial charge in [-0.15, -0.1) is 0 Å². The minimum atomic E-state index is -0.998. The minimum Gasteiger partial charge on any atom is -0.481 e. The molecule has 0 aromatic carbocycles. The van der Waals surface area contributed by atoms with Crippen molar-refractivity contribution in [1.82, 2.24) is 10.6 Å². The van der Waals surface area contributed by atoms with Gasteiger partial charge in [0.05, 0.1) is 49.7 Å². The largest absolute Gasteiger partial charge is 0.481 e. The summed E-state index contributed by atoms with van der Waals surface area (Å²) in [4.78, 5) is 74.0. The van der Waals surface area contributed by atoms with Crippen LogP contribution in [-0.2, 0) is 38.2 Å². The summed E-state index contributed by atoms with van der Waals surface area (Å²) < 4.78 is 9.68. The summed E-state index contributed by atoms with van der Waals surface area (Å²) in [5, 5.41) is 25.5. The lowest BCUT2D eigenvalue weighted by molar-refractivity contribution is -0.155. The van der Waals surface area contributed by atoms with E-state index in [4.69, 9.17) is 9.47 Å². The highest BCUT2D eigenvalue weighted by Gasteiger charge is 2.44. The molecule has 0 heterocycles. The number of nitrogens with one attached hydrogen (secondary N) is 2. The van der Waals surface area contributed by atoms with Gasteiger partial charge in [0, 0.05) is 12.1 Å². The Morgan fingerprint density at radius 1 is 0.533 bits per heavy atom. The number of amides is 2. The molecule has 0 radical (unpaired) electrons. The van der Waals surface area contributed by atoms with Gasteiger partial charge in [0.2, 0.25) is 11.8 Å². The van der Waals surface area contributed by atoms with Gasteiger partial charge >= 0.3 is 23.9 Å². The van der Waals surface area contributed by atoms with Crippen LogP contribution >= 0.6 is 0 Å². The summed E-state index contributed by atoms with van der Waals surface area (Å²) in [6, 6.07) is 0.00156. The maximum absolute atomic E-state index is 13.1. The zero-order chi connectivity index (χ0) is 32.7. The van der Waals surface area contributed by atoms with Gasteiger partial charge < -0.3 is 30.3 Å². The molecule has 4 fully saturated rings. The van der Waals surface area contributed by atoms with Crippen LogP contribution in [0.3, 0.4) is 0 Å². The first-order valence-electron chi connectivity index (χ1n) is 16.7. The summed E-state index contributed by atoms with van der Waals surface area (Å²) in [7, 11) is 2.62. The molecule has 0 spiro atoms. The molecule has 4 aliphatic rings. The van der Waals surface area contributed by atoms with Crippen LogP contribution in [0.1, 0.15) is 96.3 Å². The molecule has 4 saturated carbocycles. The van der Waals surface area contributed by atoms with E-state index in [1.54, 1.807) is 0 Å². The fourth-order valence-electron chi connectivity index (χ4n) is 8.45. The van der Waals surface area contributed by atoms with Gasteiger partial charge in [0.1, 0.15) is 0 Å². The number of hydrogen-bond donors (Lipinski definition) is 4. The predicted molar refractivity (Wildman–Crippen MR) is 160 cm³/mol. The predicted octanol–water partition coefficient (Wildman–Crippen LogP) is 3.31. The van der Waals surface area contributed by atoms with Crippen LogP contribution in [-0.4, -0.2) is 72.2 Å². The zero-order valence-corrected chi connectivity index (χ0v) is 26.5. The van der Waals surface area contributed by atoms with Crippen molar-refractivity contribution in [2.45, 2.75) is 108 Å². The lowest BCUT2D eigenvalue weighted by Gasteiger charge is -2.37. The quantitative estimate of drug-likeness (QED) is 0.260. The Bertz CT molecular complexity index is 1010. The molecule has 45 heavy (non-hydrogen) atoms. The third kappa shape index (κ3) is 8.97. The standard InChI is InChI=1S/C33H50N2O10/c1-44-32(42)20-7-13-24(30(38)39)26(16-20)28(36)34-22-9-3-18(4-10-22)15-19-5-11-23(12-6-19)35-29(37)27-17-21(33(43)45-2)8-14-25(27)31(40)41/h18-27H,3-17H2,1-2H3,(H,34,36)(H,35,37)(H,38,39)(H,40,41). The second-order valence-corrected chi connectivity index (χ2v) is 13.9. The van der Waals surface area contributed by atoms with E-state index in [0.717, 1.165) is 57.8 Å². The number of carbonyl (C=O) groups is 6. The fraction of sp³-hybridized carbons (Fsp3) is 0.818. The highest BCUT2D eigenvalue weighted by atomic mass is 16.5. The second kappa shape index (κ2) is 15.9. The van der Waals surface area contributed by atoms with Crippen molar-refractivity contribution < 1.29 is 48.5 Å². The van der Waals surface area contributed by atoms with Gasteiger partial charge in [0.25, 0.3) is 0 Å². The molecule has 6 unspecified atom stereocenters. The third-order valence-corrected chi connectivity index (χ3v) is 11.1. The monoisotopic (exact) mass is 634 g/mol. The number of methoxy groups -OCH3 is 2. The van der Waals surface area contributed by atoms with E-state index in [2.05, 4.69) is 10.6 Å². The van der Waals surface area contributed by atoms with Crippen molar-refractivity contribution in [3.63, 3.8) is 0 Å². The molecular weight excluding hydrogens is 584 g/mol. The Labute approximate surface area is 264 Å². The fourth-order valence-corrected chi connectivity index (χ4v) is 8.45. The molecule has 4 N–H and O–H groups in total. The molecule has 0 aliphatic heterocycles. The van der Waals surface area contributed by atoms with Crippen LogP contribution in [0, 0.1) is 47.3 Å². The van der Waals surface area contributed by atoms with Gasteiger partial charge in [-0.1, -0.05) is 0 Å². The van der Waals surface area contributed by atoms with E-state index in [1.807, 2.05) is 0 Å². The normalized spacial score (nSPS) is 35.3. The van der Waals surface area contributed by atoms with Crippen molar-refractivity contribution >= 4 is 35.7 Å². The second-order valence-electron chi connectivity index (χ2n) is 13.9. The summed E-state index contributed by atoms with van der Waals surface area (Å²) in [5.74, 6) is -6.19. The number of hydrogen-bond acceptors (Lipinski definition) is 8. The number of ether oxygens (including phenoxy) is 2. The van der Waals surface area contributed by atoms with E-state index in [9.17, 15) is 39.0 Å². The summed E-state index contributed by atoms with van der Waals surface area (Å²) in [6.07, 6.45) is 10.2. The molecule has 0 aromatic heterocycles. The van der Waals surface area contributed by atoms with Gasteiger partial charge in [-0.2, -0.15) is 0 Å². The Morgan fingerprint density at radius 3 is 1.20 bits per heavy atom. The van der Waals surface area contributed by atoms with E-state index in [0.29, 0.717) is 24.7 Å². The zero-order valence-electron chi connectivity index (χ0n) is 26.5. The molecule has 252 valence electrons. The molecule has 4 rings (SSSR count). The maximum atomic E-state index is 13.1. The van der Waals surface area contributed by atoms with Gasteiger partial charge in [0.15, 0.2) is 0 Å². The summed E-state index contributed by atoms with van der Waals surface area (Å²) in [6.45, 7) is 0. The third-order valence-electron chi connectivity index (χ3n) is 11.1. The topological polar surface area (TPSA) is 185 Å². The molecular formula is C33H50N2O10. The number of carbonyl (C=O) groups excluding carboxylic acids is 4. The van der Waals surface area contributed by atoms with E-state index < -0.39 is 59.4 Å². The SMILES string of the molecule is COC(=O)C1CCC(C(=O)O)C(C(=O)NC2CCC(CC3CCC(NC(=O)C4CC(C(=O)OC)CCC4C(=O)O)CC3)CC2)C1. The summed E-state index contributed by atoms with van der Waals surface area (Å²) in [5.41, 5.74) is 0. The van der Waals surface area contributed by atoms with Gasteiger partial charge in [-0.05, 0) is 108 Å². The number of carboxylic acids is 2. The van der Waals surface area contributed by atoms with Crippen LogP contribution < -0.4 is 10.6 Å². The Hall–Kier alpha value is -3.18. The minimum absolute atomic E-state index is 0.000780. The van der Waals surface area contributed by atoms with Gasteiger partial charge in [-0.3, -0.25) is 28.8 Å². The smallest absolute Gasteiger partial charge is 0.308 e. The molecule has 6 atom stereocenters. The first kappa shape index (κ1) is 34.7. The first-order chi connectivity index (χ1) is 21.5. The lowest BCUT2D eigenvalue weighted by Crippen LogP contribution is -2.47. The van der Waals surface area contributed by atoms with Crippen molar-refractivity contribution in [1.29, 1.82) is 0 Å². The van der Waals surface area contributed by atoms with Crippen LogP contribution in [0.2, 0.25) is 0 Å². The maximum Gasteiger partial charge on any atom is 0.308 e. The van der Waals surface area contributed by atoms with Crippen molar-refractivity contribution in [3.8, 4) is 0 Å². The van der Waals surface area contributed by atoms with E-state index in [-0.39, 0.29) is 49.6 Å². The Balaban J connectivity index is 1.19. The average molecular weight is 635 g/mol. The number of esters is 2.